The van der Waals surface area contributed by atoms with Gasteiger partial charge in [-0.15, -0.1) is 0 Å². The van der Waals surface area contributed by atoms with E-state index in [0.29, 0.717) is 15.9 Å². The van der Waals surface area contributed by atoms with Gasteiger partial charge in [-0.3, -0.25) is 0 Å². The maximum Gasteiger partial charge on any atom is 0.149 e. The number of fused-ring (bicyclic) bond motifs is 1. The maximum absolute atomic E-state index is 6.21. The van der Waals surface area contributed by atoms with E-state index in [1.54, 1.807) is 6.07 Å². The second-order valence-corrected chi connectivity index (χ2v) is 4.93. The lowest BCUT2D eigenvalue weighted by Crippen LogP contribution is -2.02. The van der Waals surface area contributed by atoms with Gasteiger partial charge in [0.25, 0.3) is 0 Å². The van der Waals surface area contributed by atoms with Crippen molar-refractivity contribution >= 4 is 29.0 Å². The van der Waals surface area contributed by atoms with Crippen molar-refractivity contribution in [3.05, 3.63) is 39.5 Å². The molecule has 2 aromatic rings. The molecule has 0 fully saturated rings. The molecule has 1 aliphatic rings. The van der Waals surface area contributed by atoms with Crippen LogP contribution in [0.5, 0.6) is 0 Å². The van der Waals surface area contributed by atoms with Crippen molar-refractivity contribution in [2.45, 2.75) is 19.3 Å². The minimum absolute atomic E-state index is 0.520. The van der Waals surface area contributed by atoms with Crippen LogP contribution in [0.1, 0.15) is 17.7 Å². The molecule has 17 heavy (non-hydrogen) atoms. The highest BCUT2D eigenvalue weighted by Crippen LogP contribution is 2.33. The minimum Gasteiger partial charge on any atom is -0.382 e. The number of anilines is 1. The molecule has 0 spiro atoms. The van der Waals surface area contributed by atoms with Gasteiger partial charge in [0.1, 0.15) is 5.82 Å². The van der Waals surface area contributed by atoms with Gasteiger partial charge in [-0.05, 0) is 31.4 Å². The third-order valence-electron chi connectivity index (χ3n) is 3.12. The van der Waals surface area contributed by atoms with Crippen LogP contribution in [-0.2, 0) is 12.8 Å². The lowest BCUT2D eigenvalue weighted by molar-refractivity contribution is 0.788. The summed E-state index contributed by atoms with van der Waals surface area (Å²) in [5, 5.41) is 5.41. The summed E-state index contributed by atoms with van der Waals surface area (Å²) in [7, 11) is 0. The topological polar surface area (TPSA) is 43.8 Å². The van der Waals surface area contributed by atoms with Crippen molar-refractivity contribution in [1.82, 2.24) is 9.78 Å². The van der Waals surface area contributed by atoms with Gasteiger partial charge in [0.2, 0.25) is 0 Å². The Kier molecular flexibility index (Phi) is 2.53. The largest absolute Gasteiger partial charge is 0.382 e. The van der Waals surface area contributed by atoms with E-state index >= 15 is 0 Å². The molecule has 0 unspecified atom stereocenters. The molecule has 0 saturated heterocycles. The Bertz CT molecular complexity index is 590. The Morgan fingerprint density at radius 2 is 2.06 bits per heavy atom. The fraction of sp³-hybridized carbons (Fsp3) is 0.250. The molecule has 3 nitrogen and oxygen atoms in total. The van der Waals surface area contributed by atoms with Gasteiger partial charge < -0.3 is 5.73 Å². The summed E-state index contributed by atoms with van der Waals surface area (Å²) in [5.74, 6) is 0.605. The number of nitrogen functional groups attached to an aromatic ring is 1. The molecule has 0 radical (unpaired) electrons. The molecular formula is C12H11Cl2N3. The summed E-state index contributed by atoms with van der Waals surface area (Å²) in [4.78, 5) is 0. The van der Waals surface area contributed by atoms with Gasteiger partial charge in [-0.25, -0.2) is 4.68 Å². The summed E-state index contributed by atoms with van der Waals surface area (Å²) in [5.41, 5.74) is 9.02. The Labute approximate surface area is 109 Å². The zero-order valence-electron chi connectivity index (χ0n) is 9.08. The number of aromatic nitrogens is 2. The monoisotopic (exact) mass is 267 g/mol. The second kappa shape index (κ2) is 3.93. The van der Waals surface area contributed by atoms with E-state index in [0.717, 1.165) is 36.2 Å². The van der Waals surface area contributed by atoms with E-state index in [2.05, 4.69) is 5.10 Å². The van der Waals surface area contributed by atoms with Gasteiger partial charge in [-0.2, -0.15) is 5.10 Å². The molecule has 1 aliphatic carbocycles. The SMILES string of the molecule is Nc1nn(-c2cccc(Cl)c2Cl)c2c1CCC2. The zero-order valence-corrected chi connectivity index (χ0v) is 10.6. The fourth-order valence-corrected chi connectivity index (χ4v) is 2.70. The zero-order chi connectivity index (χ0) is 12.0. The number of benzene rings is 1. The molecule has 3 rings (SSSR count). The predicted molar refractivity (Wildman–Crippen MR) is 70.0 cm³/mol. The Hall–Kier alpha value is -1.19. The number of nitrogens with two attached hydrogens (primary N) is 1. The first-order valence-corrected chi connectivity index (χ1v) is 6.24. The van der Waals surface area contributed by atoms with Gasteiger partial charge >= 0.3 is 0 Å². The van der Waals surface area contributed by atoms with Crippen LogP contribution >= 0.6 is 23.2 Å². The smallest absolute Gasteiger partial charge is 0.149 e. The molecule has 2 N–H and O–H groups in total. The van der Waals surface area contributed by atoms with Crippen molar-refractivity contribution in [1.29, 1.82) is 0 Å². The molecule has 0 bridgehead atoms. The second-order valence-electron chi connectivity index (χ2n) is 4.15. The summed E-state index contributed by atoms with van der Waals surface area (Å²) >= 11 is 12.2. The van der Waals surface area contributed by atoms with Gasteiger partial charge in [0, 0.05) is 11.3 Å². The summed E-state index contributed by atoms with van der Waals surface area (Å²) < 4.78 is 1.83. The van der Waals surface area contributed by atoms with E-state index in [1.165, 1.54) is 0 Å². The fourth-order valence-electron chi connectivity index (χ4n) is 2.32. The van der Waals surface area contributed by atoms with E-state index in [1.807, 2.05) is 16.8 Å². The molecule has 1 heterocycles. The number of hydrogen-bond donors (Lipinski definition) is 1. The predicted octanol–water partition coefficient (Wildman–Crippen LogP) is 3.25. The first-order valence-electron chi connectivity index (χ1n) is 5.49. The highest BCUT2D eigenvalue weighted by atomic mass is 35.5. The number of rotatable bonds is 1. The van der Waals surface area contributed by atoms with Gasteiger partial charge in [0.05, 0.1) is 15.7 Å². The first-order chi connectivity index (χ1) is 8.18. The van der Waals surface area contributed by atoms with Crippen LogP contribution in [0, 0.1) is 0 Å². The Balaban J connectivity index is 2.23. The van der Waals surface area contributed by atoms with Crippen molar-refractivity contribution < 1.29 is 0 Å². The van der Waals surface area contributed by atoms with Crippen LogP contribution in [0.15, 0.2) is 18.2 Å². The molecule has 88 valence electrons. The van der Waals surface area contributed by atoms with E-state index in [9.17, 15) is 0 Å². The van der Waals surface area contributed by atoms with Crippen molar-refractivity contribution in [3.8, 4) is 5.69 Å². The van der Waals surface area contributed by atoms with Crippen molar-refractivity contribution in [3.63, 3.8) is 0 Å². The summed E-state index contributed by atoms with van der Waals surface area (Å²) in [6, 6.07) is 5.53. The standard InChI is InChI=1S/C12H11Cl2N3/c13-8-4-2-6-10(11(8)14)17-9-5-1-3-7(9)12(15)16-17/h2,4,6H,1,3,5H2,(H2,15,16). The molecule has 0 aliphatic heterocycles. The molecular weight excluding hydrogens is 257 g/mol. The van der Waals surface area contributed by atoms with E-state index < -0.39 is 0 Å². The average Bonchev–Trinajstić information content (AvgIpc) is 2.87. The maximum atomic E-state index is 6.21. The molecule has 5 heteroatoms. The van der Waals surface area contributed by atoms with E-state index in [-0.39, 0.29) is 0 Å². The van der Waals surface area contributed by atoms with Crippen LogP contribution in [0.25, 0.3) is 5.69 Å². The van der Waals surface area contributed by atoms with E-state index in [4.69, 9.17) is 28.9 Å². The quantitative estimate of drug-likeness (QED) is 0.862. The highest BCUT2D eigenvalue weighted by Gasteiger charge is 2.22. The summed E-state index contributed by atoms with van der Waals surface area (Å²) in [6.07, 6.45) is 3.11. The molecule has 0 atom stereocenters. The van der Waals surface area contributed by atoms with Crippen molar-refractivity contribution in [2.75, 3.05) is 5.73 Å². The van der Waals surface area contributed by atoms with Crippen LogP contribution in [0.3, 0.4) is 0 Å². The Morgan fingerprint density at radius 1 is 1.24 bits per heavy atom. The third-order valence-corrected chi connectivity index (χ3v) is 3.93. The normalized spacial score (nSPS) is 14.0. The number of halogens is 2. The van der Waals surface area contributed by atoms with Crippen LogP contribution in [-0.4, -0.2) is 9.78 Å². The van der Waals surface area contributed by atoms with Crippen LogP contribution in [0.4, 0.5) is 5.82 Å². The summed E-state index contributed by atoms with van der Waals surface area (Å²) in [6.45, 7) is 0. The lowest BCUT2D eigenvalue weighted by atomic mass is 10.2. The van der Waals surface area contributed by atoms with Crippen LogP contribution < -0.4 is 5.73 Å². The van der Waals surface area contributed by atoms with Crippen LogP contribution in [0.2, 0.25) is 10.0 Å². The van der Waals surface area contributed by atoms with Crippen molar-refractivity contribution in [2.24, 2.45) is 0 Å². The number of nitrogens with zero attached hydrogens (tertiary/aromatic N) is 2. The molecule has 0 saturated carbocycles. The molecule has 1 aromatic carbocycles. The Morgan fingerprint density at radius 3 is 2.88 bits per heavy atom. The van der Waals surface area contributed by atoms with Gasteiger partial charge in [-0.1, -0.05) is 29.3 Å². The number of hydrogen-bond acceptors (Lipinski definition) is 2. The molecule has 0 amide bonds. The average molecular weight is 268 g/mol. The van der Waals surface area contributed by atoms with Gasteiger partial charge in [0.15, 0.2) is 0 Å². The third kappa shape index (κ3) is 1.61. The first kappa shape index (κ1) is 10.9. The minimum atomic E-state index is 0.520. The highest BCUT2D eigenvalue weighted by molar-refractivity contribution is 6.43. The molecule has 1 aromatic heterocycles. The lowest BCUT2D eigenvalue weighted by Gasteiger charge is -2.08.